The lowest BCUT2D eigenvalue weighted by Gasteiger charge is -1.98. The maximum Gasteiger partial charge on any atom is 0.223 e. The fourth-order valence-electron chi connectivity index (χ4n) is 0.859. The van der Waals surface area contributed by atoms with E-state index in [-0.39, 0.29) is 24.3 Å². The van der Waals surface area contributed by atoms with E-state index in [1.165, 1.54) is 18.2 Å². The van der Waals surface area contributed by atoms with Crippen molar-refractivity contribution < 1.29 is 16.8 Å². The monoisotopic (exact) mass is 245 g/mol. The Labute approximate surface area is 97.8 Å². The predicted octanol–water partition coefficient (Wildman–Crippen LogP) is -3.45. The van der Waals surface area contributed by atoms with Gasteiger partial charge in [0.05, 0.1) is 5.69 Å². The number of halogens is 2. The van der Waals surface area contributed by atoms with Crippen LogP contribution in [0.25, 0.3) is 0 Å². The Bertz CT molecular complexity index is 405. The molecule has 0 bridgehead atoms. The maximum atomic E-state index is 12.7. The third kappa shape index (κ3) is 4.58. The fourth-order valence-corrected chi connectivity index (χ4v) is 0.859. The second kappa shape index (κ2) is 6.59. The highest BCUT2D eigenvalue weighted by molar-refractivity contribution is 5.94. The first-order valence-electron chi connectivity index (χ1n) is 4.02. The largest absolute Gasteiger partial charge is 1.00 e. The lowest BCUT2D eigenvalue weighted by atomic mass is 10.3. The summed E-state index contributed by atoms with van der Waals surface area (Å²) in [5.74, 6) is 4.37. The summed E-state index contributed by atoms with van der Waals surface area (Å²) in [4.78, 5) is 7.38. The summed E-state index contributed by atoms with van der Waals surface area (Å²) >= 11 is 0. The van der Waals surface area contributed by atoms with Crippen LogP contribution in [0, 0.1) is 5.82 Å². The predicted molar refractivity (Wildman–Crippen MR) is 56.6 cm³/mol. The summed E-state index contributed by atoms with van der Waals surface area (Å²) < 4.78 is 12.7. The van der Waals surface area contributed by atoms with E-state index in [1.807, 2.05) is 0 Å². The third-order valence-corrected chi connectivity index (χ3v) is 1.43. The number of aliphatic imine (C=N–C) groups is 2. The molecule has 6 nitrogen and oxygen atoms in total. The van der Waals surface area contributed by atoms with E-state index in [0.29, 0.717) is 5.69 Å². The Morgan fingerprint density at radius 1 is 1.31 bits per heavy atom. The molecule has 0 spiro atoms. The van der Waals surface area contributed by atoms with Gasteiger partial charge in [0.1, 0.15) is 5.82 Å². The van der Waals surface area contributed by atoms with E-state index in [1.54, 1.807) is 6.07 Å². The Balaban J connectivity index is 0.00000225. The number of nitrogens with two attached hydrogens (primary N) is 3. The quantitative estimate of drug-likeness (QED) is 0.178. The molecule has 0 aliphatic heterocycles. The summed E-state index contributed by atoms with van der Waals surface area (Å²) in [6.07, 6.45) is 0. The van der Waals surface area contributed by atoms with E-state index in [9.17, 15) is 4.39 Å². The van der Waals surface area contributed by atoms with Gasteiger partial charge in [-0.05, 0) is 18.2 Å². The minimum Gasteiger partial charge on any atom is -1.00 e. The number of benzene rings is 1. The van der Waals surface area contributed by atoms with Crippen LogP contribution in [0.4, 0.5) is 10.1 Å². The van der Waals surface area contributed by atoms with Gasteiger partial charge in [0.25, 0.3) is 0 Å². The first-order chi connectivity index (χ1) is 7.11. The molecule has 1 rings (SSSR count). The number of hydrogen-bond acceptors (Lipinski definition) is 2. The van der Waals surface area contributed by atoms with Gasteiger partial charge in [-0.15, -0.1) is 0 Å². The summed E-state index contributed by atoms with van der Waals surface area (Å²) in [6.45, 7) is 0. The minimum atomic E-state index is -0.405. The number of nitrogens with zero attached hydrogens (tertiary/aromatic N) is 2. The molecule has 0 saturated carbocycles. The van der Waals surface area contributed by atoms with Crippen molar-refractivity contribution in [3.8, 4) is 0 Å². The van der Waals surface area contributed by atoms with Crippen molar-refractivity contribution in [3.63, 3.8) is 0 Å². The van der Waals surface area contributed by atoms with Crippen LogP contribution in [-0.2, 0) is 0 Å². The number of hydrogen-bond donors (Lipinski definition) is 4. The maximum absolute atomic E-state index is 12.7. The Morgan fingerprint density at radius 2 is 2.00 bits per heavy atom. The summed E-state index contributed by atoms with van der Waals surface area (Å²) in [5.41, 5.74) is 13.1. The van der Waals surface area contributed by atoms with Crippen molar-refractivity contribution in [1.29, 1.82) is 0 Å². The molecule has 0 fully saturated rings. The van der Waals surface area contributed by atoms with Crippen molar-refractivity contribution >= 4 is 17.6 Å². The molecule has 0 radical (unpaired) electrons. The van der Waals surface area contributed by atoms with Crippen molar-refractivity contribution in [2.24, 2.45) is 27.3 Å². The van der Waals surface area contributed by atoms with Crippen LogP contribution in [0.5, 0.6) is 0 Å². The van der Waals surface area contributed by atoms with Crippen LogP contribution in [0.15, 0.2) is 34.3 Å². The van der Waals surface area contributed by atoms with Crippen LogP contribution < -0.4 is 35.1 Å². The topological polar surface area (TPSA) is 115 Å². The average Bonchev–Trinajstić information content (AvgIpc) is 2.17. The molecule has 0 atom stereocenters. The minimum absolute atomic E-state index is 0. The van der Waals surface area contributed by atoms with Gasteiger partial charge in [0.15, 0.2) is 0 Å². The van der Waals surface area contributed by atoms with Crippen LogP contribution in [-0.4, -0.2) is 11.9 Å². The highest BCUT2D eigenvalue weighted by Crippen LogP contribution is 2.12. The molecule has 0 aromatic heterocycles. The molecular weight excluding hydrogens is 235 g/mol. The van der Waals surface area contributed by atoms with Crippen molar-refractivity contribution in [2.45, 2.75) is 0 Å². The van der Waals surface area contributed by atoms with Gasteiger partial charge < -0.3 is 23.9 Å². The summed E-state index contributed by atoms with van der Waals surface area (Å²) in [5, 5.41) is 0. The number of guanidine groups is 2. The van der Waals surface area contributed by atoms with Gasteiger partial charge in [0.2, 0.25) is 11.9 Å². The first kappa shape index (κ1) is 14.1. The van der Waals surface area contributed by atoms with Crippen molar-refractivity contribution in [3.05, 3.63) is 30.1 Å². The summed E-state index contributed by atoms with van der Waals surface area (Å²) in [6, 6.07) is 5.61. The Morgan fingerprint density at radius 3 is 2.56 bits per heavy atom. The van der Waals surface area contributed by atoms with E-state index < -0.39 is 5.82 Å². The standard InChI is InChI=1S/C8H11FN6.ClH/c9-5-2-1-3-6(4-5)13-7(10)14-8(11)15-12;/h1-4H,12H2,(H5,10,11,13,14,15);1H/p-1. The Kier molecular flexibility index (Phi) is 5.83. The van der Waals surface area contributed by atoms with E-state index >= 15 is 0 Å². The zero-order chi connectivity index (χ0) is 11.3. The normalized spacial score (nSPS) is 11.9. The molecule has 88 valence electrons. The number of rotatable bonds is 1. The molecule has 16 heavy (non-hydrogen) atoms. The first-order valence-corrected chi connectivity index (χ1v) is 4.02. The fraction of sp³-hybridized carbons (Fsp3) is 0. The third-order valence-electron chi connectivity index (χ3n) is 1.43. The second-order valence-corrected chi connectivity index (χ2v) is 2.59. The van der Waals surface area contributed by atoms with E-state index in [2.05, 4.69) is 15.4 Å². The molecule has 1 aromatic carbocycles. The van der Waals surface area contributed by atoms with Gasteiger partial charge in [-0.3, -0.25) is 5.43 Å². The van der Waals surface area contributed by atoms with Gasteiger partial charge in [-0.25, -0.2) is 15.2 Å². The molecule has 0 unspecified atom stereocenters. The van der Waals surface area contributed by atoms with Crippen LogP contribution >= 0.6 is 0 Å². The second-order valence-electron chi connectivity index (χ2n) is 2.59. The SMILES string of the molecule is NN/C(N)=N/C(N)=Nc1cccc(F)c1.[Cl-]. The highest BCUT2D eigenvalue weighted by Gasteiger charge is 1.95. The van der Waals surface area contributed by atoms with E-state index in [4.69, 9.17) is 17.3 Å². The van der Waals surface area contributed by atoms with Crippen LogP contribution in [0.3, 0.4) is 0 Å². The molecule has 0 aliphatic rings. The van der Waals surface area contributed by atoms with Crippen molar-refractivity contribution in [1.82, 2.24) is 5.43 Å². The lowest BCUT2D eigenvalue weighted by molar-refractivity contribution is -0.00000427. The van der Waals surface area contributed by atoms with Crippen LogP contribution in [0.2, 0.25) is 0 Å². The van der Waals surface area contributed by atoms with Crippen LogP contribution in [0.1, 0.15) is 0 Å². The molecule has 8 heteroatoms. The zero-order valence-electron chi connectivity index (χ0n) is 8.19. The molecule has 0 aliphatic carbocycles. The molecular formula is C8H11ClFN6-. The number of nitrogens with one attached hydrogen (secondary N) is 1. The molecule has 0 heterocycles. The van der Waals surface area contributed by atoms with Gasteiger partial charge in [-0.1, -0.05) is 6.07 Å². The molecule has 0 amide bonds. The smallest absolute Gasteiger partial charge is 0.223 e. The molecule has 1 aromatic rings. The van der Waals surface area contributed by atoms with E-state index in [0.717, 1.165) is 0 Å². The highest BCUT2D eigenvalue weighted by atomic mass is 35.5. The van der Waals surface area contributed by atoms with Gasteiger partial charge in [0, 0.05) is 0 Å². The van der Waals surface area contributed by atoms with Crippen molar-refractivity contribution in [2.75, 3.05) is 0 Å². The lowest BCUT2D eigenvalue weighted by Crippen LogP contribution is -3.00. The summed E-state index contributed by atoms with van der Waals surface area (Å²) in [7, 11) is 0. The van der Waals surface area contributed by atoms with Gasteiger partial charge in [-0.2, -0.15) is 4.99 Å². The van der Waals surface area contributed by atoms with Gasteiger partial charge >= 0.3 is 0 Å². The molecule has 0 saturated heterocycles. The average molecular weight is 246 g/mol. The Hall–Kier alpha value is -1.86. The number of hydrazine groups is 1. The molecule has 7 N–H and O–H groups in total. The zero-order valence-corrected chi connectivity index (χ0v) is 8.95.